The summed E-state index contributed by atoms with van der Waals surface area (Å²) in [5.74, 6) is 0. The highest BCUT2D eigenvalue weighted by Crippen LogP contribution is 2.49. The molecule has 2 heterocycles. The van der Waals surface area contributed by atoms with E-state index in [1.807, 2.05) is 0 Å². The van der Waals surface area contributed by atoms with E-state index < -0.39 is 0 Å². The van der Waals surface area contributed by atoms with Crippen LogP contribution >= 0.6 is 0 Å². The fourth-order valence-corrected chi connectivity index (χ4v) is 7.11. The first kappa shape index (κ1) is 21.9. The van der Waals surface area contributed by atoms with E-state index in [2.05, 4.69) is 140 Å². The number of hydrogen-bond acceptors (Lipinski definition) is 1. The summed E-state index contributed by atoms with van der Waals surface area (Å²) in [6.45, 7) is 4.69. The molecule has 0 N–H and O–H groups in total. The molecule has 2 heteroatoms. The second-order valence-electron chi connectivity index (χ2n) is 11.7. The number of imidazole rings is 1. The van der Waals surface area contributed by atoms with E-state index in [4.69, 9.17) is 4.98 Å². The molecule has 2 nitrogen and oxygen atoms in total. The van der Waals surface area contributed by atoms with Crippen LogP contribution in [0, 0.1) is 0 Å². The summed E-state index contributed by atoms with van der Waals surface area (Å²) in [4.78, 5) is 5.15. The molecular formula is C38H26N2. The topological polar surface area (TPSA) is 17.3 Å². The van der Waals surface area contributed by atoms with Gasteiger partial charge in [-0.1, -0.05) is 98.8 Å². The normalized spacial score (nSPS) is 13.9. The first-order chi connectivity index (χ1) is 19.6. The van der Waals surface area contributed by atoms with Crippen molar-refractivity contribution < 1.29 is 0 Å². The van der Waals surface area contributed by atoms with Crippen LogP contribution in [0.25, 0.3) is 71.4 Å². The molecule has 0 aliphatic heterocycles. The number of aromatic nitrogens is 2. The number of pyridine rings is 1. The van der Waals surface area contributed by atoms with Gasteiger partial charge in [0.1, 0.15) is 5.65 Å². The molecule has 8 aromatic rings. The number of rotatable bonds is 1. The Kier molecular flexibility index (Phi) is 4.15. The van der Waals surface area contributed by atoms with Gasteiger partial charge in [0.15, 0.2) is 0 Å². The first-order valence-corrected chi connectivity index (χ1v) is 14.0. The van der Waals surface area contributed by atoms with E-state index in [-0.39, 0.29) is 5.41 Å². The lowest BCUT2D eigenvalue weighted by Gasteiger charge is -2.22. The van der Waals surface area contributed by atoms with E-state index in [0.717, 1.165) is 16.7 Å². The molecule has 0 amide bonds. The SMILES string of the molecule is CC1(C)c2ccccc2-c2ccc(-c3ccc4c5cc6ccccc6cc5c5nc6ccccc6n5c4c3)cc21. The number of nitrogens with zero attached hydrogens (tertiary/aromatic N) is 2. The fourth-order valence-electron chi connectivity index (χ4n) is 7.11. The molecule has 0 radical (unpaired) electrons. The molecule has 9 rings (SSSR count). The Bertz CT molecular complexity index is 2350. The van der Waals surface area contributed by atoms with Gasteiger partial charge in [-0.2, -0.15) is 0 Å². The molecule has 6 aromatic carbocycles. The van der Waals surface area contributed by atoms with Crippen molar-refractivity contribution in [1.29, 1.82) is 0 Å². The van der Waals surface area contributed by atoms with Crippen molar-refractivity contribution in [2.45, 2.75) is 19.3 Å². The first-order valence-electron chi connectivity index (χ1n) is 14.0. The largest absolute Gasteiger partial charge is 0.292 e. The van der Waals surface area contributed by atoms with Crippen LogP contribution in [0.4, 0.5) is 0 Å². The summed E-state index contributed by atoms with van der Waals surface area (Å²) in [6.07, 6.45) is 0. The van der Waals surface area contributed by atoms with Gasteiger partial charge in [0, 0.05) is 16.2 Å². The van der Waals surface area contributed by atoms with Gasteiger partial charge in [0.05, 0.1) is 16.6 Å². The van der Waals surface area contributed by atoms with Gasteiger partial charge in [-0.15, -0.1) is 0 Å². The lowest BCUT2D eigenvalue weighted by atomic mass is 9.81. The van der Waals surface area contributed by atoms with Crippen LogP contribution in [0.2, 0.25) is 0 Å². The Morgan fingerprint density at radius 3 is 2.08 bits per heavy atom. The lowest BCUT2D eigenvalue weighted by Crippen LogP contribution is -2.14. The summed E-state index contributed by atoms with van der Waals surface area (Å²) in [7, 11) is 0. The summed E-state index contributed by atoms with van der Waals surface area (Å²) in [5.41, 5.74) is 12.3. The number of benzene rings is 6. The molecule has 0 saturated carbocycles. The van der Waals surface area contributed by atoms with Crippen molar-refractivity contribution in [2.24, 2.45) is 0 Å². The quantitative estimate of drug-likeness (QED) is 0.159. The summed E-state index contributed by atoms with van der Waals surface area (Å²) in [6, 6.07) is 44.6. The Labute approximate surface area is 232 Å². The molecule has 1 aliphatic carbocycles. The highest BCUT2D eigenvalue weighted by Gasteiger charge is 2.35. The second-order valence-corrected chi connectivity index (χ2v) is 11.7. The van der Waals surface area contributed by atoms with Crippen molar-refractivity contribution in [3.8, 4) is 22.3 Å². The van der Waals surface area contributed by atoms with Crippen molar-refractivity contribution in [2.75, 3.05) is 0 Å². The van der Waals surface area contributed by atoms with Gasteiger partial charge in [-0.3, -0.25) is 4.40 Å². The summed E-state index contributed by atoms with van der Waals surface area (Å²) in [5, 5.41) is 6.16. The third-order valence-corrected chi connectivity index (χ3v) is 9.13. The Morgan fingerprint density at radius 2 is 1.20 bits per heavy atom. The predicted octanol–water partition coefficient (Wildman–Crippen LogP) is 9.92. The average molecular weight is 511 g/mol. The third-order valence-electron chi connectivity index (χ3n) is 9.13. The standard InChI is InChI=1S/C38H26N2/c1-38(2)32-12-6-5-11-27(32)28-17-15-25(21-33(28)38)26-16-18-29-30-19-23-9-3-4-10-24(23)20-31(30)37-39-34-13-7-8-14-35(34)40(37)36(29)22-26/h3-22H,1-2H3. The van der Waals surface area contributed by atoms with E-state index in [9.17, 15) is 0 Å². The number of para-hydroxylation sites is 2. The molecule has 0 fully saturated rings. The van der Waals surface area contributed by atoms with Crippen LogP contribution in [-0.4, -0.2) is 9.38 Å². The molecule has 188 valence electrons. The molecule has 0 bridgehead atoms. The molecule has 0 unspecified atom stereocenters. The maximum Gasteiger partial charge on any atom is 0.146 e. The van der Waals surface area contributed by atoms with E-state index in [0.29, 0.717) is 0 Å². The minimum absolute atomic E-state index is 0.0239. The van der Waals surface area contributed by atoms with Gasteiger partial charge < -0.3 is 0 Å². The maximum atomic E-state index is 5.15. The molecular weight excluding hydrogens is 484 g/mol. The van der Waals surface area contributed by atoms with Gasteiger partial charge in [-0.05, 0) is 85.9 Å². The Balaban J connectivity index is 1.36. The van der Waals surface area contributed by atoms with Crippen LogP contribution in [0.15, 0.2) is 121 Å². The zero-order valence-electron chi connectivity index (χ0n) is 22.4. The van der Waals surface area contributed by atoms with Crippen molar-refractivity contribution >= 4 is 49.1 Å². The third kappa shape index (κ3) is 2.80. The molecule has 0 spiro atoms. The van der Waals surface area contributed by atoms with Gasteiger partial charge in [0.25, 0.3) is 0 Å². The van der Waals surface area contributed by atoms with Crippen molar-refractivity contribution in [1.82, 2.24) is 9.38 Å². The molecule has 2 aromatic heterocycles. The van der Waals surface area contributed by atoms with E-state index in [1.54, 1.807) is 0 Å². The van der Waals surface area contributed by atoms with Crippen LogP contribution in [-0.2, 0) is 5.41 Å². The molecule has 1 aliphatic rings. The van der Waals surface area contributed by atoms with Crippen LogP contribution in [0.5, 0.6) is 0 Å². The van der Waals surface area contributed by atoms with Crippen LogP contribution in [0.1, 0.15) is 25.0 Å². The van der Waals surface area contributed by atoms with Gasteiger partial charge >= 0.3 is 0 Å². The zero-order chi connectivity index (χ0) is 26.6. The molecule has 0 atom stereocenters. The average Bonchev–Trinajstić information content (AvgIpc) is 3.50. The lowest BCUT2D eigenvalue weighted by molar-refractivity contribution is 0.660. The minimum Gasteiger partial charge on any atom is -0.292 e. The fraction of sp³-hybridized carbons (Fsp3) is 0.0789. The molecule has 0 saturated heterocycles. The molecule has 40 heavy (non-hydrogen) atoms. The van der Waals surface area contributed by atoms with Gasteiger partial charge in [0.2, 0.25) is 0 Å². The second kappa shape index (κ2) is 7.58. The number of fused-ring (bicyclic) bond motifs is 12. The van der Waals surface area contributed by atoms with Gasteiger partial charge in [-0.25, -0.2) is 4.98 Å². The maximum absolute atomic E-state index is 5.15. The van der Waals surface area contributed by atoms with Crippen molar-refractivity contribution in [3.63, 3.8) is 0 Å². The summed E-state index contributed by atoms with van der Waals surface area (Å²) >= 11 is 0. The van der Waals surface area contributed by atoms with E-state index >= 15 is 0 Å². The minimum atomic E-state index is -0.0239. The number of hydrogen-bond donors (Lipinski definition) is 0. The predicted molar refractivity (Wildman–Crippen MR) is 168 cm³/mol. The highest BCUT2D eigenvalue weighted by molar-refractivity contribution is 6.18. The highest BCUT2D eigenvalue weighted by atomic mass is 15.0. The monoisotopic (exact) mass is 510 g/mol. The smallest absolute Gasteiger partial charge is 0.146 e. The van der Waals surface area contributed by atoms with Crippen LogP contribution in [0.3, 0.4) is 0 Å². The summed E-state index contributed by atoms with van der Waals surface area (Å²) < 4.78 is 2.36. The Morgan fingerprint density at radius 1 is 0.525 bits per heavy atom. The Hall–Kier alpha value is -4.95. The zero-order valence-corrected chi connectivity index (χ0v) is 22.4. The van der Waals surface area contributed by atoms with E-state index in [1.165, 1.54) is 65.8 Å². The van der Waals surface area contributed by atoms with Crippen LogP contribution < -0.4 is 0 Å². The van der Waals surface area contributed by atoms with Crippen molar-refractivity contribution in [3.05, 3.63) is 132 Å².